The molecule has 1 aromatic heterocycles. The maximum atomic E-state index is 10.5. The summed E-state index contributed by atoms with van der Waals surface area (Å²) in [5, 5.41) is 22.5. The predicted octanol–water partition coefficient (Wildman–Crippen LogP) is 2.30. The third kappa shape index (κ3) is 5.76. The summed E-state index contributed by atoms with van der Waals surface area (Å²) in [6.45, 7) is 1.88. The lowest BCUT2D eigenvalue weighted by atomic mass is 10.2. The first-order valence-corrected chi connectivity index (χ1v) is 6.60. The largest absolute Gasteiger partial charge is 0.396 e. The van der Waals surface area contributed by atoms with E-state index < -0.39 is 0 Å². The third-order valence-corrected chi connectivity index (χ3v) is 3.43. The summed E-state index contributed by atoms with van der Waals surface area (Å²) in [6.07, 6.45) is 4.12. The van der Waals surface area contributed by atoms with Crippen LogP contribution in [0, 0.1) is 10.1 Å². The number of nitrogens with one attached hydrogen (secondary N) is 1. The van der Waals surface area contributed by atoms with Gasteiger partial charge in [0.15, 0.2) is 0 Å². The topological polar surface area (TPSA) is 75.4 Å². The SMILES string of the molecule is O=[N+]([O-])c1ccc(CNCCCCCCO)s1. The van der Waals surface area contributed by atoms with Crippen LogP contribution in [0.2, 0.25) is 0 Å². The van der Waals surface area contributed by atoms with Crippen LogP contribution in [0.5, 0.6) is 0 Å². The molecule has 0 atom stereocenters. The highest BCUT2D eigenvalue weighted by Crippen LogP contribution is 2.23. The van der Waals surface area contributed by atoms with Gasteiger partial charge in [-0.2, -0.15) is 0 Å². The van der Waals surface area contributed by atoms with Crippen molar-refractivity contribution in [1.29, 1.82) is 0 Å². The van der Waals surface area contributed by atoms with Gasteiger partial charge in [0.25, 0.3) is 0 Å². The van der Waals surface area contributed by atoms with Crippen molar-refractivity contribution in [2.75, 3.05) is 13.2 Å². The molecule has 0 fully saturated rings. The molecule has 1 heterocycles. The zero-order valence-electron chi connectivity index (χ0n) is 9.72. The second-order valence-electron chi connectivity index (χ2n) is 3.81. The molecule has 0 aliphatic heterocycles. The fraction of sp³-hybridized carbons (Fsp3) is 0.636. The van der Waals surface area contributed by atoms with Gasteiger partial charge in [-0.15, -0.1) is 0 Å². The average molecular weight is 258 g/mol. The van der Waals surface area contributed by atoms with Crippen molar-refractivity contribution in [3.05, 3.63) is 27.1 Å². The van der Waals surface area contributed by atoms with Gasteiger partial charge in [0.2, 0.25) is 0 Å². The molecule has 1 aromatic rings. The number of unbranched alkanes of at least 4 members (excludes halogenated alkanes) is 3. The first kappa shape index (κ1) is 14.1. The zero-order valence-corrected chi connectivity index (χ0v) is 10.5. The Morgan fingerprint density at radius 3 is 2.71 bits per heavy atom. The van der Waals surface area contributed by atoms with E-state index in [1.807, 2.05) is 0 Å². The van der Waals surface area contributed by atoms with E-state index in [0.29, 0.717) is 6.54 Å². The Kier molecular flexibility index (Phi) is 6.76. The monoisotopic (exact) mass is 258 g/mol. The molecule has 0 saturated heterocycles. The summed E-state index contributed by atoms with van der Waals surface area (Å²) in [6, 6.07) is 3.34. The van der Waals surface area contributed by atoms with Crippen molar-refractivity contribution in [2.45, 2.75) is 32.2 Å². The van der Waals surface area contributed by atoms with Crippen LogP contribution in [-0.4, -0.2) is 23.2 Å². The molecule has 5 nitrogen and oxygen atoms in total. The molecule has 0 saturated carbocycles. The molecule has 96 valence electrons. The summed E-state index contributed by atoms with van der Waals surface area (Å²) in [5.41, 5.74) is 0. The smallest absolute Gasteiger partial charge is 0.324 e. The van der Waals surface area contributed by atoms with Crippen molar-refractivity contribution in [3.8, 4) is 0 Å². The Bertz CT molecular complexity index is 341. The van der Waals surface area contributed by atoms with E-state index in [-0.39, 0.29) is 16.5 Å². The Hall–Kier alpha value is -0.980. The number of nitro groups is 1. The van der Waals surface area contributed by atoms with E-state index in [4.69, 9.17) is 5.11 Å². The first-order chi connectivity index (χ1) is 8.24. The second kappa shape index (κ2) is 8.16. The quantitative estimate of drug-likeness (QED) is 0.405. The highest BCUT2D eigenvalue weighted by molar-refractivity contribution is 7.15. The van der Waals surface area contributed by atoms with Gasteiger partial charge in [0, 0.05) is 24.1 Å². The number of thiophene rings is 1. The van der Waals surface area contributed by atoms with Gasteiger partial charge in [-0.1, -0.05) is 24.2 Å². The van der Waals surface area contributed by atoms with E-state index in [9.17, 15) is 10.1 Å². The highest BCUT2D eigenvalue weighted by Gasteiger charge is 2.08. The Morgan fingerprint density at radius 1 is 1.29 bits per heavy atom. The maximum absolute atomic E-state index is 10.5. The van der Waals surface area contributed by atoms with Crippen molar-refractivity contribution in [2.24, 2.45) is 0 Å². The number of hydrogen-bond donors (Lipinski definition) is 2. The molecule has 0 spiro atoms. The molecule has 0 aliphatic carbocycles. The molecule has 0 unspecified atom stereocenters. The zero-order chi connectivity index (χ0) is 12.5. The van der Waals surface area contributed by atoms with Crippen LogP contribution in [-0.2, 0) is 6.54 Å². The van der Waals surface area contributed by atoms with E-state index in [0.717, 1.165) is 37.1 Å². The summed E-state index contributed by atoms with van der Waals surface area (Å²) >= 11 is 1.22. The molecule has 0 amide bonds. The van der Waals surface area contributed by atoms with Gasteiger partial charge in [0.05, 0.1) is 4.92 Å². The van der Waals surface area contributed by atoms with Crippen LogP contribution in [0.15, 0.2) is 12.1 Å². The van der Waals surface area contributed by atoms with Crippen molar-refractivity contribution >= 4 is 16.3 Å². The van der Waals surface area contributed by atoms with Gasteiger partial charge >= 0.3 is 5.00 Å². The normalized spacial score (nSPS) is 10.6. The molecule has 2 N–H and O–H groups in total. The molecule has 0 aliphatic rings. The lowest BCUT2D eigenvalue weighted by Crippen LogP contribution is -2.13. The molecule has 0 bridgehead atoms. The Labute approximate surface area is 105 Å². The molecular weight excluding hydrogens is 240 g/mol. The average Bonchev–Trinajstić information content (AvgIpc) is 2.77. The number of nitrogens with zero attached hydrogens (tertiary/aromatic N) is 1. The molecular formula is C11H18N2O3S. The van der Waals surface area contributed by atoms with Crippen LogP contribution < -0.4 is 5.32 Å². The van der Waals surface area contributed by atoms with Crippen LogP contribution >= 0.6 is 11.3 Å². The van der Waals surface area contributed by atoms with Crippen molar-refractivity contribution < 1.29 is 10.0 Å². The number of hydrogen-bond acceptors (Lipinski definition) is 5. The highest BCUT2D eigenvalue weighted by atomic mass is 32.1. The third-order valence-electron chi connectivity index (χ3n) is 2.39. The first-order valence-electron chi connectivity index (χ1n) is 5.78. The van der Waals surface area contributed by atoms with Gasteiger partial charge in [0.1, 0.15) is 0 Å². The van der Waals surface area contributed by atoms with Gasteiger partial charge in [-0.3, -0.25) is 10.1 Å². The lowest BCUT2D eigenvalue weighted by Gasteiger charge is -2.02. The summed E-state index contributed by atoms with van der Waals surface area (Å²) in [7, 11) is 0. The minimum absolute atomic E-state index is 0.199. The number of aliphatic hydroxyl groups is 1. The van der Waals surface area contributed by atoms with E-state index in [1.54, 1.807) is 12.1 Å². The number of aliphatic hydroxyl groups excluding tert-OH is 1. The molecule has 0 radical (unpaired) electrons. The molecule has 17 heavy (non-hydrogen) atoms. The minimum atomic E-state index is -0.358. The van der Waals surface area contributed by atoms with Crippen molar-refractivity contribution in [3.63, 3.8) is 0 Å². The Balaban J connectivity index is 2.07. The van der Waals surface area contributed by atoms with Crippen LogP contribution in [0.25, 0.3) is 0 Å². The fourth-order valence-electron chi connectivity index (χ4n) is 1.49. The van der Waals surface area contributed by atoms with E-state index in [1.165, 1.54) is 11.3 Å². The summed E-state index contributed by atoms with van der Waals surface area (Å²) in [4.78, 5) is 11.1. The lowest BCUT2D eigenvalue weighted by molar-refractivity contribution is -0.380. The van der Waals surface area contributed by atoms with Crippen LogP contribution in [0.3, 0.4) is 0 Å². The minimum Gasteiger partial charge on any atom is -0.396 e. The van der Waals surface area contributed by atoms with Crippen molar-refractivity contribution in [1.82, 2.24) is 5.32 Å². The molecule has 1 rings (SSSR count). The number of rotatable bonds is 9. The summed E-state index contributed by atoms with van der Waals surface area (Å²) in [5.74, 6) is 0. The van der Waals surface area contributed by atoms with E-state index >= 15 is 0 Å². The maximum Gasteiger partial charge on any atom is 0.324 e. The second-order valence-corrected chi connectivity index (χ2v) is 4.96. The van der Waals surface area contributed by atoms with Gasteiger partial charge in [-0.25, -0.2) is 0 Å². The van der Waals surface area contributed by atoms with E-state index in [2.05, 4.69) is 5.32 Å². The fourth-order valence-corrected chi connectivity index (χ4v) is 2.28. The van der Waals surface area contributed by atoms with Crippen LogP contribution in [0.4, 0.5) is 5.00 Å². The molecule has 0 aromatic carbocycles. The summed E-state index contributed by atoms with van der Waals surface area (Å²) < 4.78 is 0. The predicted molar refractivity (Wildman–Crippen MR) is 68.2 cm³/mol. The molecule has 6 heteroatoms. The van der Waals surface area contributed by atoms with Crippen LogP contribution in [0.1, 0.15) is 30.6 Å². The van der Waals surface area contributed by atoms with Gasteiger partial charge < -0.3 is 10.4 Å². The standard InChI is InChI=1S/C11H18N2O3S/c14-8-4-2-1-3-7-12-9-10-5-6-11(17-10)13(15)16/h5-6,12,14H,1-4,7-9H2. The van der Waals surface area contributed by atoms with Gasteiger partial charge in [-0.05, 0) is 25.5 Å². The Morgan fingerprint density at radius 2 is 2.06 bits per heavy atom.